The highest BCUT2D eigenvalue weighted by Crippen LogP contribution is 2.31. The number of hydrogen-bond acceptors (Lipinski definition) is 2. The Kier molecular flexibility index (Phi) is 3.38. The molecule has 1 aromatic heterocycles. The van der Waals surface area contributed by atoms with Crippen molar-refractivity contribution >= 4 is 22.7 Å². The van der Waals surface area contributed by atoms with Gasteiger partial charge in [0.1, 0.15) is 0 Å². The summed E-state index contributed by atoms with van der Waals surface area (Å²) in [4.78, 5) is 11.5. The summed E-state index contributed by atoms with van der Waals surface area (Å²) in [7, 11) is 1.69. The maximum atomic E-state index is 11.5. The third-order valence-corrected chi connectivity index (χ3v) is 4.44. The predicted molar refractivity (Wildman–Crippen MR) is 85.1 cm³/mol. The van der Waals surface area contributed by atoms with Crippen LogP contribution < -0.4 is 5.76 Å². The van der Waals surface area contributed by atoms with E-state index in [1.54, 1.807) is 7.05 Å². The van der Waals surface area contributed by atoms with Crippen LogP contribution in [0.5, 0.6) is 0 Å². The molecule has 0 aliphatic carbocycles. The minimum Gasteiger partial charge on any atom is -0.408 e. The molecule has 0 saturated carbocycles. The van der Waals surface area contributed by atoms with E-state index in [1.165, 1.54) is 15.7 Å². The number of benzene rings is 2. The van der Waals surface area contributed by atoms with Crippen LogP contribution in [0.1, 0.15) is 27.6 Å². The standard InChI is InChI=1S/C17H16ClNO2/c1-10-4-5-12(8-11(10)2)16(18)13-6-7-14-15(9-13)21-17(20)19(14)3/h4-9,16H,1-3H3. The van der Waals surface area contributed by atoms with Crippen LogP contribution in [0.2, 0.25) is 0 Å². The molecule has 0 radical (unpaired) electrons. The Hall–Kier alpha value is -2.00. The third kappa shape index (κ3) is 2.38. The first-order valence-corrected chi connectivity index (χ1v) is 7.21. The number of halogens is 1. The molecule has 1 atom stereocenters. The zero-order chi connectivity index (χ0) is 15.1. The van der Waals surface area contributed by atoms with E-state index in [0.717, 1.165) is 16.6 Å². The molecule has 4 heteroatoms. The number of hydrogen-bond donors (Lipinski definition) is 0. The first kappa shape index (κ1) is 14.0. The summed E-state index contributed by atoms with van der Waals surface area (Å²) in [5.74, 6) is -0.362. The molecular formula is C17H16ClNO2. The average molecular weight is 302 g/mol. The van der Waals surface area contributed by atoms with Crippen LogP contribution >= 0.6 is 11.6 Å². The van der Waals surface area contributed by atoms with Gasteiger partial charge in [-0.25, -0.2) is 4.79 Å². The van der Waals surface area contributed by atoms with Gasteiger partial charge in [0.25, 0.3) is 0 Å². The summed E-state index contributed by atoms with van der Waals surface area (Å²) in [6.45, 7) is 4.15. The molecule has 21 heavy (non-hydrogen) atoms. The molecule has 2 aromatic carbocycles. The van der Waals surface area contributed by atoms with Crippen molar-refractivity contribution < 1.29 is 4.42 Å². The second kappa shape index (κ2) is 5.08. The first-order chi connectivity index (χ1) is 9.97. The first-order valence-electron chi connectivity index (χ1n) is 6.78. The van der Waals surface area contributed by atoms with E-state index in [1.807, 2.05) is 24.3 Å². The fourth-order valence-corrected chi connectivity index (χ4v) is 2.69. The predicted octanol–water partition coefficient (Wildman–Crippen LogP) is 4.08. The van der Waals surface area contributed by atoms with Gasteiger partial charge in [0.05, 0.1) is 10.9 Å². The van der Waals surface area contributed by atoms with E-state index >= 15 is 0 Å². The van der Waals surface area contributed by atoms with Gasteiger partial charge in [-0.05, 0) is 48.2 Å². The Morgan fingerprint density at radius 2 is 1.71 bits per heavy atom. The monoisotopic (exact) mass is 301 g/mol. The zero-order valence-electron chi connectivity index (χ0n) is 12.2. The molecule has 0 amide bonds. The van der Waals surface area contributed by atoms with Gasteiger partial charge in [-0.2, -0.15) is 0 Å². The van der Waals surface area contributed by atoms with Crippen molar-refractivity contribution in [3.63, 3.8) is 0 Å². The summed E-state index contributed by atoms with van der Waals surface area (Å²) in [6, 6.07) is 11.8. The fourth-order valence-electron chi connectivity index (χ4n) is 2.42. The second-order valence-corrected chi connectivity index (χ2v) is 5.80. The molecule has 0 fully saturated rings. The molecule has 0 N–H and O–H groups in total. The smallest absolute Gasteiger partial charge is 0.408 e. The molecule has 3 nitrogen and oxygen atoms in total. The van der Waals surface area contributed by atoms with Crippen molar-refractivity contribution in [3.8, 4) is 0 Å². The molecule has 1 unspecified atom stereocenters. The molecule has 108 valence electrons. The molecule has 0 aliphatic rings. The Morgan fingerprint density at radius 1 is 1.05 bits per heavy atom. The lowest BCUT2D eigenvalue weighted by Crippen LogP contribution is -2.08. The van der Waals surface area contributed by atoms with E-state index in [9.17, 15) is 4.79 Å². The highest BCUT2D eigenvalue weighted by Gasteiger charge is 2.14. The molecule has 0 saturated heterocycles. The van der Waals surface area contributed by atoms with Crippen LogP contribution in [0.25, 0.3) is 11.1 Å². The van der Waals surface area contributed by atoms with Gasteiger partial charge in [0.15, 0.2) is 5.58 Å². The molecular weight excluding hydrogens is 286 g/mol. The average Bonchev–Trinajstić information content (AvgIpc) is 2.76. The quantitative estimate of drug-likeness (QED) is 0.669. The highest BCUT2D eigenvalue weighted by atomic mass is 35.5. The van der Waals surface area contributed by atoms with E-state index < -0.39 is 0 Å². The van der Waals surface area contributed by atoms with Gasteiger partial charge in [-0.3, -0.25) is 4.57 Å². The fraction of sp³-hybridized carbons (Fsp3) is 0.235. The van der Waals surface area contributed by atoms with Crippen molar-refractivity contribution in [2.24, 2.45) is 7.05 Å². The Bertz CT molecular complexity index is 876. The normalized spacial score (nSPS) is 12.8. The minimum atomic E-state index is -0.362. The lowest BCUT2D eigenvalue weighted by Gasteiger charge is -2.12. The summed E-state index contributed by atoms with van der Waals surface area (Å²) < 4.78 is 6.70. The van der Waals surface area contributed by atoms with E-state index in [0.29, 0.717) is 5.58 Å². The van der Waals surface area contributed by atoms with E-state index in [-0.39, 0.29) is 11.1 Å². The number of aromatic nitrogens is 1. The number of rotatable bonds is 2. The highest BCUT2D eigenvalue weighted by molar-refractivity contribution is 6.22. The van der Waals surface area contributed by atoms with E-state index in [2.05, 4.69) is 26.0 Å². The number of nitrogens with zero attached hydrogens (tertiary/aromatic N) is 1. The Morgan fingerprint density at radius 3 is 2.43 bits per heavy atom. The maximum Gasteiger partial charge on any atom is 0.419 e. The molecule has 3 aromatic rings. The number of oxazole rings is 1. The van der Waals surface area contributed by atoms with Gasteiger partial charge in [-0.1, -0.05) is 24.3 Å². The van der Waals surface area contributed by atoms with Crippen LogP contribution in [0.3, 0.4) is 0 Å². The van der Waals surface area contributed by atoms with Crippen molar-refractivity contribution in [2.45, 2.75) is 19.2 Å². The van der Waals surface area contributed by atoms with Crippen LogP contribution in [0.4, 0.5) is 0 Å². The van der Waals surface area contributed by atoms with Crippen LogP contribution in [0, 0.1) is 13.8 Å². The van der Waals surface area contributed by atoms with Crippen LogP contribution in [-0.2, 0) is 7.05 Å². The summed E-state index contributed by atoms with van der Waals surface area (Å²) >= 11 is 6.58. The lowest BCUT2D eigenvalue weighted by molar-refractivity contribution is 0.528. The molecule has 3 rings (SSSR count). The van der Waals surface area contributed by atoms with Gasteiger partial charge in [0, 0.05) is 7.05 Å². The zero-order valence-corrected chi connectivity index (χ0v) is 12.9. The SMILES string of the molecule is Cc1ccc(C(Cl)c2ccc3c(c2)oc(=O)n3C)cc1C. The molecule has 1 heterocycles. The van der Waals surface area contributed by atoms with Crippen molar-refractivity contribution in [1.29, 1.82) is 0 Å². The number of aryl methyl sites for hydroxylation is 3. The second-order valence-electron chi connectivity index (χ2n) is 5.36. The topological polar surface area (TPSA) is 35.1 Å². The number of fused-ring (bicyclic) bond motifs is 1. The van der Waals surface area contributed by atoms with Gasteiger partial charge < -0.3 is 4.42 Å². The van der Waals surface area contributed by atoms with Crippen molar-refractivity contribution in [3.05, 3.63) is 69.2 Å². The number of alkyl halides is 1. The lowest BCUT2D eigenvalue weighted by atomic mass is 10.00. The summed E-state index contributed by atoms with van der Waals surface area (Å²) in [5, 5.41) is -0.265. The summed E-state index contributed by atoms with van der Waals surface area (Å²) in [5.41, 5.74) is 5.75. The molecule has 0 bridgehead atoms. The molecule has 0 aliphatic heterocycles. The van der Waals surface area contributed by atoms with Crippen molar-refractivity contribution in [2.75, 3.05) is 0 Å². The Balaban J connectivity index is 2.06. The van der Waals surface area contributed by atoms with Gasteiger partial charge in [0.2, 0.25) is 0 Å². The van der Waals surface area contributed by atoms with Crippen LogP contribution in [-0.4, -0.2) is 4.57 Å². The largest absolute Gasteiger partial charge is 0.419 e. The van der Waals surface area contributed by atoms with Gasteiger partial charge in [-0.15, -0.1) is 11.6 Å². The minimum absolute atomic E-state index is 0.265. The van der Waals surface area contributed by atoms with E-state index in [4.69, 9.17) is 16.0 Å². The maximum absolute atomic E-state index is 11.5. The van der Waals surface area contributed by atoms with Crippen molar-refractivity contribution in [1.82, 2.24) is 4.57 Å². The summed E-state index contributed by atoms with van der Waals surface area (Å²) in [6.07, 6.45) is 0. The Labute approximate surface area is 127 Å². The molecule has 0 spiro atoms. The third-order valence-electron chi connectivity index (χ3n) is 3.93. The van der Waals surface area contributed by atoms with Gasteiger partial charge >= 0.3 is 5.76 Å². The van der Waals surface area contributed by atoms with Crippen LogP contribution in [0.15, 0.2) is 45.6 Å².